The highest BCUT2D eigenvalue weighted by Gasteiger charge is 2.05. The summed E-state index contributed by atoms with van der Waals surface area (Å²) in [5, 5.41) is 3.93. The molecule has 0 unspecified atom stereocenters. The van der Waals surface area contributed by atoms with Crippen LogP contribution >= 0.6 is 11.6 Å². The van der Waals surface area contributed by atoms with Crippen LogP contribution in [-0.4, -0.2) is 21.1 Å². The van der Waals surface area contributed by atoms with E-state index >= 15 is 0 Å². The number of aromatic nitrogens is 3. The van der Waals surface area contributed by atoms with Crippen LogP contribution in [0.1, 0.15) is 10.4 Å². The first-order valence-corrected chi connectivity index (χ1v) is 4.93. The van der Waals surface area contributed by atoms with Crippen LogP contribution in [0.3, 0.4) is 0 Å². The van der Waals surface area contributed by atoms with Gasteiger partial charge in [0.05, 0.1) is 10.7 Å². The van der Waals surface area contributed by atoms with Crippen LogP contribution in [0, 0.1) is 0 Å². The Kier molecular flexibility index (Phi) is 2.88. The van der Waals surface area contributed by atoms with E-state index in [1.165, 1.54) is 18.2 Å². The topological polar surface area (TPSA) is 84.8 Å². The number of halogens is 1. The maximum Gasteiger partial charge on any atom is 0.349 e. The Balaban J connectivity index is 2.65. The molecule has 0 aliphatic carbocycles. The molecule has 0 bridgehead atoms. The fraction of sp³-hybridized carbons (Fsp3) is 0. The number of H-pyrrole nitrogens is 1. The molecular formula is C10H6ClN3O3. The smallest absolute Gasteiger partial charge is 0.298 e. The molecule has 1 heterocycles. The van der Waals surface area contributed by atoms with Crippen LogP contribution in [0.4, 0.5) is 0 Å². The minimum atomic E-state index is -0.684. The van der Waals surface area contributed by atoms with Gasteiger partial charge >= 0.3 is 5.69 Å². The lowest BCUT2D eigenvalue weighted by atomic mass is 10.2. The van der Waals surface area contributed by atoms with Crippen molar-refractivity contribution in [2.75, 3.05) is 0 Å². The summed E-state index contributed by atoms with van der Waals surface area (Å²) in [5.41, 5.74) is -0.686. The third-order valence-electron chi connectivity index (χ3n) is 2.06. The fourth-order valence-electron chi connectivity index (χ4n) is 1.29. The van der Waals surface area contributed by atoms with Crippen molar-refractivity contribution in [2.45, 2.75) is 0 Å². The minimum absolute atomic E-state index is 0.240. The Morgan fingerprint density at radius 2 is 2.12 bits per heavy atom. The van der Waals surface area contributed by atoms with Gasteiger partial charge in [0, 0.05) is 5.56 Å². The first-order chi connectivity index (χ1) is 8.11. The van der Waals surface area contributed by atoms with Crippen molar-refractivity contribution in [3.05, 3.63) is 55.8 Å². The van der Waals surface area contributed by atoms with E-state index in [9.17, 15) is 14.4 Å². The third-order valence-corrected chi connectivity index (χ3v) is 2.41. The molecule has 0 spiro atoms. The Hall–Kier alpha value is -2.21. The molecule has 0 aliphatic rings. The van der Waals surface area contributed by atoms with Gasteiger partial charge in [0.25, 0.3) is 5.56 Å². The highest BCUT2D eigenvalue weighted by Crippen LogP contribution is 2.16. The molecule has 0 fully saturated rings. The second-order valence-electron chi connectivity index (χ2n) is 3.17. The number of rotatable bonds is 2. The molecule has 2 rings (SSSR count). The normalized spacial score (nSPS) is 10.2. The molecule has 0 atom stereocenters. The molecule has 86 valence electrons. The number of nitrogens with zero attached hydrogens (tertiary/aromatic N) is 2. The lowest BCUT2D eigenvalue weighted by molar-refractivity contribution is 0.112. The van der Waals surface area contributed by atoms with Gasteiger partial charge in [0.15, 0.2) is 6.29 Å². The van der Waals surface area contributed by atoms with Gasteiger partial charge in [-0.15, -0.1) is 0 Å². The van der Waals surface area contributed by atoms with Gasteiger partial charge in [-0.1, -0.05) is 11.6 Å². The van der Waals surface area contributed by atoms with E-state index in [4.69, 9.17) is 11.6 Å². The molecule has 1 aromatic carbocycles. The molecule has 0 amide bonds. The number of carbonyl (C=O) groups excluding carboxylic acids is 1. The number of benzene rings is 1. The van der Waals surface area contributed by atoms with Gasteiger partial charge in [-0.3, -0.25) is 14.6 Å². The van der Waals surface area contributed by atoms with Gasteiger partial charge in [-0.05, 0) is 18.2 Å². The van der Waals surface area contributed by atoms with E-state index in [1.54, 1.807) is 0 Å². The van der Waals surface area contributed by atoms with Gasteiger partial charge in [0.2, 0.25) is 0 Å². The molecular weight excluding hydrogens is 246 g/mol. The fourth-order valence-corrected chi connectivity index (χ4v) is 1.45. The van der Waals surface area contributed by atoms with Gasteiger partial charge in [0.1, 0.15) is 6.20 Å². The number of hydrogen-bond donors (Lipinski definition) is 1. The highest BCUT2D eigenvalue weighted by molar-refractivity contribution is 6.33. The van der Waals surface area contributed by atoms with Crippen LogP contribution < -0.4 is 11.2 Å². The average molecular weight is 252 g/mol. The molecule has 0 saturated heterocycles. The number of aromatic amines is 1. The van der Waals surface area contributed by atoms with Crippen LogP contribution in [0.15, 0.2) is 34.0 Å². The zero-order valence-corrected chi connectivity index (χ0v) is 9.14. The summed E-state index contributed by atoms with van der Waals surface area (Å²) in [7, 11) is 0. The van der Waals surface area contributed by atoms with Gasteiger partial charge in [-0.25, -0.2) is 4.79 Å². The van der Waals surface area contributed by atoms with E-state index in [1.807, 2.05) is 0 Å². The Labute approximate surface area is 99.5 Å². The number of aldehydes is 1. The largest absolute Gasteiger partial charge is 0.349 e. The Morgan fingerprint density at radius 3 is 2.76 bits per heavy atom. The first kappa shape index (κ1) is 11.3. The summed E-state index contributed by atoms with van der Waals surface area (Å²) in [6.45, 7) is 0. The third kappa shape index (κ3) is 2.16. The van der Waals surface area contributed by atoms with Crippen molar-refractivity contribution in [3.63, 3.8) is 0 Å². The molecule has 0 aliphatic heterocycles. The SMILES string of the molecule is O=Cc1cc(-n2ncc(=O)[nH]c2=O)ccc1Cl. The molecule has 7 heteroatoms. The highest BCUT2D eigenvalue weighted by atomic mass is 35.5. The van der Waals surface area contributed by atoms with E-state index in [0.29, 0.717) is 12.0 Å². The number of nitrogens with one attached hydrogen (secondary N) is 1. The quantitative estimate of drug-likeness (QED) is 0.783. The predicted molar refractivity (Wildman–Crippen MR) is 60.9 cm³/mol. The van der Waals surface area contributed by atoms with Gasteiger partial charge in [-0.2, -0.15) is 9.78 Å². The van der Waals surface area contributed by atoms with Crippen molar-refractivity contribution >= 4 is 17.9 Å². The average Bonchev–Trinajstić information content (AvgIpc) is 2.30. The van der Waals surface area contributed by atoms with Crippen molar-refractivity contribution < 1.29 is 4.79 Å². The Morgan fingerprint density at radius 1 is 1.35 bits per heavy atom. The lowest BCUT2D eigenvalue weighted by Gasteiger charge is -2.04. The molecule has 0 radical (unpaired) electrons. The zero-order chi connectivity index (χ0) is 12.4. The second kappa shape index (κ2) is 4.34. The van der Waals surface area contributed by atoms with Crippen molar-refractivity contribution in [2.24, 2.45) is 0 Å². The maximum atomic E-state index is 11.4. The number of hydrogen-bond acceptors (Lipinski definition) is 4. The van der Waals surface area contributed by atoms with Crippen LogP contribution in [0.25, 0.3) is 5.69 Å². The number of carbonyl (C=O) groups is 1. The predicted octanol–water partition coefficient (Wildman–Crippen LogP) is 0.387. The van der Waals surface area contributed by atoms with Crippen molar-refractivity contribution in [1.82, 2.24) is 14.8 Å². The van der Waals surface area contributed by atoms with E-state index in [2.05, 4.69) is 10.1 Å². The summed E-state index contributed by atoms with van der Waals surface area (Å²) < 4.78 is 0.963. The lowest BCUT2D eigenvalue weighted by Crippen LogP contribution is -2.30. The van der Waals surface area contributed by atoms with E-state index < -0.39 is 11.2 Å². The summed E-state index contributed by atoms with van der Waals surface area (Å²) in [6, 6.07) is 4.39. The molecule has 1 N–H and O–H groups in total. The standard InChI is InChI=1S/C10H6ClN3O3/c11-8-2-1-7(3-6(8)5-15)14-10(17)13-9(16)4-12-14/h1-5H,(H,13,16,17). The van der Waals surface area contributed by atoms with Crippen molar-refractivity contribution in [1.29, 1.82) is 0 Å². The summed E-state index contributed by atoms with van der Waals surface area (Å²) >= 11 is 5.75. The van der Waals surface area contributed by atoms with Crippen LogP contribution in [0.5, 0.6) is 0 Å². The molecule has 17 heavy (non-hydrogen) atoms. The molecule has 0 saturated carbocycles. The monoisotopic (exact) mass is 251 g/mol. The zero-order valence-electron chi connectivity index (χ0n) is 8.38. The summed E-state index contributed by atoms with van der Waals surface area (Å²) in [4.78, 5) is 35.0. The van der Waals surface area contributed by atoms with Crippen LogP contribution in [0.2, 0.25) is 5.02 Å². The summed E-state index contributed by atoms with van der Waals surface area (Å²) in [5.74, 6) is 0. The molecule has 6 nitrogen and oxygen atoms in total. The molecule has 2 aromatic rings. The van der Waals surface area contributed by atoms with E-state index in [0.717, 1.165) is 10.9 Å². The van der Waals surface area contributed by atoms with Crippen molar-refractivity contribution in [3.8, 4) is 5.69 Å². The second-order valence-corrected chi connectivity index (χ2v) is 3.58. The van der Waals surface area contributed by atoms with Gasteiger partial charge < -0.3 is 0 Å². The first-order valence-electron chi connectivity index (χ1n) is 4.55. The summed E-state index contributed by atoms with van der Waals surface area (Å²) in [6.07, 6.45) is 1.54. The Bertz CT molecular complexity index is 690. The maximum absolute atomic E-state index is 11.4. The molecule has 1 aromatic heterocycles. The van der Waals surface area contributed by atoms with E-state index in [-0.39, 0.29) is 10.6 Å². The van der Waals surface area contributed by atoms with Crippen LogP contribution in [-0.2, 0) is 0 Å². The minimum Gasteiger partial charge on any atom is -0.298 e.